The van der Waals surface area contributed by atoms with Gasteiger partial charge in [-0.1, -0.05) is 6.58 Å². The first-order valence-electron chi connectivity index (χ1n) is 9.00. The molecule has 1 aliphatic carbocycles. The lowest BCUT2D eigenvalue weighted by Crippen LogP contribution is -2.73. The monoisotopic (exact) mass is 420 g/mol. The first-order chi connectivity index (χ1) is 13.8. The maximum atomic E-state index is 14.3. The highest BCUT2D eigenvalue weighted by Gasteiger charge is 2.58. The van der Waals surface area contributed by atoms with Crippen molar-refractivity contribution < 1.29 is 22.0 Å². The molecular formula is C19H18F2N4O3S. The minimum absolute atomic E-state index is 0.152. The second kappa shape index (κ2) is 6.87. The molecule has 0 radical (unpaired) electrons. The number of nitrogens with one attached hydrogen (secondary N) is 1. The summed E-state index contributed by atoms with van der Waals surface area (Å²) >= 11 is 0. The second-order valence-corrected chi connectivity index (χ2v) is 8.74. The molecule has 1 aliphatic heterocycles. The van der Waals surface area contributed by atoms with Gasteiger partial charge in [-0.2, -0.15) is 0 Å². The number of anilines is 1. The van der Waals surface area contributed by atoms with Gasteiger partial charge < -0.3 is 4.90 Å². The van der Waals surface area contributed by atoms with Crippen molar-refractivity contribution in [2.45, 2.75) is 31.0 Å². The fraction of sp³-hybridized carbons (Fsp3) is 0.316. The van der Waals surface area contributed by atoms with Gasteiger partial charge in [-0.15, -0.1) is 0 Å². The van der Waals surface area contributed by atoms with Crippen LogP contribution in [0.5, 0.6) is 0 Å². The van der Waals surface area contributed by atoms with Gasteiger partial charge in [0.2, 0.25) is 0 Å². The summed E-state index contributed by atoms with van der Waals surface area (Å²) in [5.41, 5.74) is -0.114. The zero-order chi connectivity index (χ0) is 20.8. The van der Waals surface area contributed by atoms with E-state index in [1.807, 2.05) is 9.62 Å². The lowest BCUT2D eigenvalue weighted by atomic mass is 9.66. The van der Waals surface area contributed by atoms with E-state index >= 15 is 0 Å². The minimum atomic E-state index is -4.00. The second-order valence-electron chi connectivity index (χ2n) is 7.11. The molecule has 1 aromatic carbocycles. The molecule has 7 nitrogen and oxygen atoms in total. The molecule has 2 heterocycles. The summed E-state index contributed by atoms with van der Waals surface area (Å²) in [4.78, 5) is 22.7. The number of amides is 1. The van der Waals surface area contributed by atoms with E-state index in [9.17, 15) is 22.0 Å². The number of alkyl halides is 1. The average molecular weight is 420 g/mol. The Morgan fingerprint density at radius 1 is 1.31 bits per heavy atom. The van der Waals surface area contributed by atoms with Crippen LogP contribution in [0.2, 0.25) is 0 Å². The topological polar surface area (TPSA) is 92.3 Å². The fourth-order valence-corrected chi connectivity index (χ4v) is 4.15. The molecule has 1 N–H and O–H groups in total. The Balaban J connectivity index is 1.76. The predicted octanol–water partition coefficient (Wildman–Crippen LogP) is 2.57. The van der Waals surface area contributed by atoms with Crippen molar-refractivity contribution in [3.05, 3.63) is 54.0 Å². The van der Waals surface area contributed by atoms with Crippen molar-refractivity contribution in [2.75, 3.05) is 11.4 Å². The van der Waals surface area contributed by atoms with Crippen molar-refractivity contribution in [3.8, 4) is 11.3 Å². The fourth-order valence-electron chi connectivity index (χ4n) is 3.70. The minimum Gasteiger partial charge on any atom is -0.343 e. The van der Waals surface area contributed by atoms with E-state index in [1.165, 1.54) is 24.3 Å². The Morgan fingerprint density at radius 3 is 2.55 bits per heavy atom. The van der Waals surface area contributed by atoms with Crippen LogP contribution in [-0.2, 0) is 10.0 Å². The molecule has 10 heteroatoms. The molecule has 2 fully saturated rings. The number of carbonyl (C=O) groups excluding carboxylic acids is 1. The molecule has 1 aromatic heterocycles. The van der Waals surface area contributed by atoms with Gasteiger partial charge >= 0.3 is 0 Å². The summed E-state index contributed by atoms with van der Waals surface area (Å²) < 4.78 is 52.6. The average Bonchev–Trinajstić information content (AvgIpc) is 2.64. The Kier molecular flexibility index (Phi) is 4.60. The third-order valence-corrected chi connectivity index (χ3v) is 6.41. The molecule has 1 amide bonds. The SMILES string of the molecule is C=CS(=O)(=O)NC(=O)c1cnc(N2C[C@@H](F)C23CCC3)c(-c2ccc(F)cc2)n1. The quantitative estimate of drug-likeness (QED) is 0.799. The van der Waals surface area contributed by atoms with Crippen LogP contribution in [0.1, 0.15) is 29.8 Å². The maximum Gasteiger partial charge on any atom is 0.285 e. The van der Waals surface area contributed by atoms with Gasteiger partial charge in [0.25, 0.3) is 15.9 Å². The number of halogens is 2. The van der Waals surface area contributed by atoms with E-state index in [-0.39, 0.29) is 17.9 Å². The molecular weight excluding hydrogens is 402 g/mol. The van der Waals surface area contributed by atoms with Gasteiger partial charge in [0.1, 0.15) is 23.4 Å². The number of hydrogen-bond donors (Lipinski definition) is 1. The Bertz CT molecular complexity index is 1090. The van der Waals surface area contributed by atoms with Crippen molar-refractivity contribution in [1.29, 1.82) is 0 Å². The van der Waals surface area contributed by atoms with E-state index in [1.54, 1.807) is 0 Å². The van der Waals surface area contributed by atoms with E-state index in [0.717, 1.165) is 12.6 Å². The molecule has 1 saturated carbocycles. The third kappa shape index (κ3) is 3.27. The van der Waals surface area contributed by atoms with Crippen LogP contribution >= 0.6 is 0 Å². The predicted molar refractivity (Wildman–Crippen MR) is 103 cm³/mol. The number of sulfonamides is 1. The van der Waals surface area contributed by atoms with Crippen LogP contribution in [0.3, 0.4) is 0 Å². The number of aromatic nitrogens is 2. The van der Waals surface area contributed by atoms with Crippen LogP contribution in [0.15, 0.2) is 42.4 Å². The maximum absolute atomic E-state index is 14.3. The Labute approximate surface area is 166 Å². The largest absolute Gasteiger partial charge is 0.343 e. The van der Waals surface area contributed by atoms with Crippen molar-refractivity contribution in [2.24, 2.45) is 0 Å². The van der Waals surface area contributed by atoms with Gasteiger partial charge in [0, 0.05) is 11.0 Å². The molecule has 0 unspecified atom stereocenters. The molecule has 1 saturated heterocycles. The van der Waals surface area contributed by atoms with E-state index in [0.29, 0.717) is 29.6 Å². The van der Waals surface area contributed by atoms with E-state index in [4.69, 9.17) is 0 Å². The summed E-state index contributed by atoms with van der Waals surface area (Å²) in [5.74, 6) is -1.04. The van der Waals surface area contributed by atoms with Crippen molar-refractivity contribution in [3.63, 3.8) is 0 Å². The molecule has 29 heavy (non-hydrogen) atoms. The lowest BCUT2D eigenvalue weighted by Gasteiger charge is -2.61. The molecule has 2 aromatic rings. The van der Waals surface area contributed by atoms with Gasteiger partial charge in [0.15, 0.2) is 5.82 Å². The van der Waals surface area contributed by atoms with Crippen molar-refractivity contribution in [1.82, 2.24) is 14.7 Å². The van der Waals surface area contributed by atoms with E-state index < -0.39 is 33.5 Å². The summed E-state index contributed by atoms with van der Waals surface area (Å²) in [6.07, 6.45) is 2.47. The zero-order valence-corrected chi connectivity index (χ0v) is 16.1. The number of carbonyl (C=O) groups is 1. The van der Waals surface area contributed by atoms with Gasteiger partial charge in [-0.25, -0.2) is 31.9 Å². The van der Waals surface area contributed by atoms with Gasteiger partial charge in [-0.3, -0.25) is 4.79 Å². The number of nitrogens with zero attached hydrogens (tertiary/aromatic N) is 3. The van der Waals surface area contributed by atoms with Crippen LogP contribution in [0.4, 0.5) is 14.6 Å². The molecule has 2 aliphatic rings. The third-order valence-electron chi connectivity index (χ3n) is 5.50. The molecule has 152 valence electrons. The molecule has 0 bridgehead atoms. The summed E-state index contributed by atoms with van der Waals surface area (Å²) in [6, 6.07) is 5.43. The van der Waals surface area contributed by atoms with Crippen LogP contribution in [0.25, 0.3) is 11.3 Å². The molecule has 1 spiro atoms. The first kappa shape index (κ1) is 19.4. The van der Waals surface area contributed by atoms with Gasteiger partial charge in [0.05, 0.1) is 18.3 Å². The molecule has 1 atom stereocenters. The lowest BCUT2D eigenvalue weighted by molar-refractivity contribution is 0.0334. The highest BCUT2D eigenvalue weighted by atomic mass is 32.2. The smallest absolute Gasteiger partial charge is 0.285 e. The standard InChI is InChI=1S/C19H18F2N4O3S/c1-2-29(27,28)24-18(26)14-10-22-17(25-11-15(21)19(25)8-3-9-19)16(23-14)12-4-6-13(20)7-5-12/h2,4-7,10,15H,1,3,8-9,11H2,(H,24,26)/t15-/m1/s1. The van der Waals surface area contributed by atoms with Gasteiger partial charge in [-0.05, 0) is 43.5 Å². The summed E-state index contributed by atoms with van der Waals surface area (Å²) in [6.45, 7) is 3.28. The summed E-state index contributed by atoms with van der Waals surface area (Å²) in [5, 5.41) is 0.607. The highest BCUT2D eigenvalue weighted by Crippen LogP contribution is 2.51. The van der Waals surface area contributed by atoms with Crippen LogP contribution in [0, 0.1) is 5.82 Å². The highest BCUT2D eigenvalue weighted by molar-refractivity contribution is 7.92. The zero-order valence-electron chi connectivity index (χ0n) is 15.3. The van der Waals surface area contributed by atoms with Crippen LogP contribution in [-0.4, -0.2) is 42.5 Å². The first-order valence-corrected chi connectivity index (χ1v) is 10.5. The Morgan fingerprint density at radius 2 is 2.00 bits per heavy atom. The number of hydrogen-bond acceptors (Lipinski definition) is 6. The summed E-state index contributed by atoms with van der Waals surface area (Å²) in [7, 11) is -4.00. The molecule has 4 rings (SSSR count). The van der Waals surface area contributed by atoms with Crippen LogP contribution < -0.4 is 9.62 Å². The number of rotatable bonds is 5. The van der Waals surface area contributed by atoms with E-state index in [2.05, 4.69) is 16.5 Å². The number of benzene rings is 1. The van der Waals surface area contributed by atoms with Crippen molar-refractivity contribution >= 4 is 21.7 Å². The Hall–Kier alpha value is -2.88. The normalized spacial score (nSPS) is 19.9.